The van der Waals surface area contributed by atoms with Gasteiger partial charge in [0.05, 0.1) is 27.7 Å². The number of likely N-dealkylation sites (N-methyl/N-ethyl adjacent to an activating group) is 1. The summed E-state index contributed by atoms with van der Waals surface area (Å²) < 4.78 is 115. The Labute approximate surface area is 136 Å². The quantitative estimate of drug-likeness (QED) is 0.377. The highest BCUT2D eigenvalue weighted by molar-refractivity contribution is 8.13. The highest BCUT2D eigenvalue weighted by Gasteiger charge is 2.46. The molecule has 0 radical (unpaired) electrons. The number of rotatable bonds is 6. The zero-order chi connectivity index (χ0) is 20.0. The van der Waals surface area contributed by atoms with E-state index >= 15 is 0 Å². The first-order valence-corrected chi connectivity index (χ1v) is 8.90. The van der Waals surface area contributed by atoms with Crippen LogP contribution in [0.2, 0.25) is 0 Å². The predicted molar refractivity (Wildman–Crippen MR) is 72.7 cm³/mol. The topological polar surface area (TPSA) is 91.6 Å². The van der Waals surface area contributed by atoms with Crippen molar-refractivity contribution in [3.63, 3.8) is 0 Å². The van der Waals surface area contributed by atoms with Crippen molar-refractivity contribution in [3.05, 3.63) is 4.13 Å². The Hall–Kier alpha value is -0.640. The van der Waals surface area contributed by atoms with Gasteiger partial charge in [-0.1, -0.05) is 0 Å². The second kappa shape index (κ2) is 8.64. The first kappa shape index (κ1) is 25.6. The average molecular weight is 412 g/mol. The third-order valence-corrected chi connectivity index (χ3v) is 4.63. The maximum atomic E-state index is 11.4. The minimum Gasteiger partial charge on any atom is -0.421 e. The highest BCUT2D eigenvalue weighted by atomic mass is 32.3. The Balaban J connectivity index is 0. The number of hydrogen-bond acceptors (Lipinski definition) is 5. The lowest BCUT2D eigenvalue weighted by Gasteiger charge is -2.23. The van der Waals surface area contributed by atoms with Gasteiger partial charge in [-0.25, -0.2) is 16.8 Å². The summed E-state index contributed by atoms with van der Waals surface area (Å²) in [6.45, 7) is 4.82. The molecule has 0 aliphatic rings. The van der Waals surface area contributed by atoms with Gasteiger partial charge >= 0.3 is 11.0 Å². The van der Waals surface area contributed by atoms with Crippen molar-refractivity contribution in [1.82, 2.24) is 0 Å². The zero-order valence-electron chi connectivity index (χ0n) is 13.1. The number of quaternary nitrogens is 1. The maximum Gasteiger partial charge on any atom is 0.480 e. The number of halogens is 6. The Bertz CT molecular complexity index is 535. The molecule has 7 nitrogen and oxygen atoms in total. The lowest BCUT2D eigenvalue weighted by atomic mass is 10.5. The summed E-state index contributed by atoms with van der Waals surface area (Å²) >= 11 is 0. The molecule has 0 N–H and O–H groups in total. The molecule has 0 aromatic rings. The summed E-state index contributed by atoms with van der Waals surface area (Å²) in [5.41, 5.74) is -12.4. The van der Waals surface area contributed by atoms with Crippen LogP contribution in [-0.4, -0.2) is 73.2 Å². The van der Waals surface area contributed by atoms with E-state index < -0.39 is 31.1 Å². The van der Waals surface area contributed by atoms with Gasteiger partial charge in [0.1, 0.15) is 6.54 Å². The fourth-order valence-corrected chi connectivity index (χ4v) is 2.41. The van der Waals surface area contributed by atoms with Crippen LogP contribution in [0.15, 0.2) is 0 Å². The summed E-state index contributed by atoms with van der Waals surface area (Å²) in [6.07, 6.45) is 0. The van der Waals surface area contributed by atoms with Gasteiger partial charge in [-0.05, 0) is 6.92 Å². The first-order valence-electron chi connectivity index (χ1n) is 6.02. The lowest BCUT2D eigenvalue weighted by Crippen LogP contribution is -2.37. The second-order valence-corrected chi connectivity index (χ2v) is 8.55. The van der Waals surface area contributed by atoms with E-state index in [0.29, 0.717) is 0 Å². The Morgan fingerprint density at radius 2 is 1.21 bits per heavy atom. The molecule has 0 saturated heterocycles. The van der Waals surface area contributed by atoms with E-state index in [9.17, 15) is 43.2 Å². The van der Waals surface area contributed by atoms with E-state index in [0.717, 1.165) is 28.4 Å². The van der Waals surface area contributed by atoms with Crippen LogP contribution < -0.4 is 0 Å². The SMILES string of the molecule is CCOCC[N+](C)(C)C.O=S(=O)([N-]S(=O)(=O)C(F)(F)F)C(F)(F)F. The molecule has 0 aliphatic carbocycles. The van der Waals surface area contributed by atoms with Crippen LogP contribution in [0.25, 0.3) is 4.13 Å². The van der Waals surface area contributed by atoms with Crippen molar-refractivity contribution in [3.8, 4) is 0 Å². The van der Waals surface area contributed by atoms with E-state index in [-0.39, 0.29) is 0 Å². The molecule has 0 saturated carbocycles. The largest absolute Gasteiger partial charge is 0.480 e. The van der Waals surface area contributed by atoms with Crippen LogP contribution in [0.4, 0.5) is 26.3 Å². The minimum absolute atomic E-state index is 0.778. The van der Waals surface area contributed by atoms with Gasteiger partial charge in [0.2, 0.25) is 0 Å². The van der Waals surface area contributed by atoms with Gasteiger partial charge in [-0.3, -0.25) is 0 Å². The van der Waals surface area contributed by atoms with E-state index in [1.807, 2.05) is 6.92 Å². The fraction of sp³-hybridized carbons (Fsp3) is 1.00. The minimum atomic E-state index is -6.72. The monoisotopic (exact) mass is 412 g/mol. The third-order valence-electron chi connectivity index (χ3n) is 1.89. The number of sulfonamides is 2. The van der Waals surface area contributed by atoms with Crippen molar-refractivity contribution < 1.29 is 52.4 Å². The van der Waals surface area contributed by atoms with Crippen LogP contribution in [0, 0.1) is 0 Å². The molecule has 0 aliphatic heterocycles. The smallest absolute Gasteiger partial charge is 0.421 e. The predicted octanol–water partition coefficient (Wildman–Crippen LogP) is 1.79. The molecule has 15 heteroatoms. The van der Waals surface area contributed by atoms with Crippen molar-refractivity contribution in [1.29, 1.82) is 0 Å². The van der Waals surface area contributed by atoms with Gasteiger partial charge < -0.3 is 13.3 Å². The summed E-state index contributed by atoms with van der Waals surface area (Å²) in [6, 6.07) is 0. The van der Waals surface area contributed by atoms with E-state index in [1.54, 1.807) is 0 Å². The van der Waals surface area contributed by atoms with Crippen LogP contribution >= 0.6 is 0 Å². The molecular formula is C9H18F6N2O5S2. The molecule has 0 spiro atoms. The molecule has 148 valence electrons. The van der Waals surface area contributed by atoms with E-state index in [4.69, 9.17) is 4.74 Å². The van der Waals surface area contributed by atoms with Gasteiger partial charge in [0.25, 0.3) is 0 Å². The molecule has 0 amide bonds. The average Bonchev–Trinajstić information content (AvgIpc) is 2.23. The number of nitrogens with zero attached hydrogens (tertiary/aromatic N) is 2. The van der Waals surface area contributed by atoms with E-state index in [1.165, 1.54) is 0 Å². The summed E-state index contributed by atoms with van der Waals surface area (Å²) in [5.74, 6) is 0. The first-order chi connectivity index (χ1) is 10.3. The standard InChI is InChI=1S/C7H18NO.C2F6NO4S2/c1-5-9-7-6-8(2,3)4;3-1(4,5)14(10,11)9-15(12,13)2(6,7)8/h5-7H2,1-4H3;/q+1;-1. The van der Waals surface area contributed by atoms with Gasteiger partial charge in [0, 0.05) is 6.61 Å². The molecule has 0 atom stereocenters. The third kappa shape index (κ3) is 10.3. The molecule has 0 bridgehead atoms. The normalized spacial score (nSPS) is 14.1. The van der Waals surface area contributed by atoms with Gasteiger partial charge in [-0.15, -0.1) is 0 Å². The Morgan fingerprint density at radius 3 is 1.42 bits per heavy atom. The zero-order valence-corrected chi connectivity index (χ0v) is 14.8. The number of alkyl halides is 6. The maximum absolute atomic E-state index is 11.4. The van der Waals surface area contributed by atoms with E-state index in [2.05, 4.69) is 21.1 Å². The summed E-state index contributed by atoms with van der Waals surface area (Å²) in [5, 5.41) is 0. The van der Waals surface area contributed by atoms with Crippen LogP contribution in [0.1, 0.15) is 6.92 Å². The van der Waals surface area contributed by atoms with Crippen molar-refractivity contribution in [2.24, 2.45) is 0 Å². The van der Waals surface area contributed by atoms with Gasteiger partial charge in [-0.2, -0.15) is 26.3 Å². The fourth-order valence-electron chi connectivity index (χ4n) is 0.696. The summed E-state index contributed by atoms with van der Waals surface area (Å²) in [7, 11) is -6.95. The van der Waals surface area contributed by atoms with Crippen LogP contribution in [-0.2, 0) is 24.8 Å². The number of hydrogen-bond donors (Lipinski definition) is 0. The Morgan fingerprint density at radius 1 is 0.875 bits per heavy atom. The summed E-state index contributed by atoms with van der Waals surface area (Å²) in [4.78, 5) is 0. The Kier molecular flexibility index (Phi) is 9.22. The molecule has 0 rings (SSSR count). The molecule has 0 unspecified atom stereocenters. The van der Waals surface area contributed by atoms with Crippen LogP contribution in [0.5, 0.6) is 0 Å². The number of ether oxygens (including phenoxy) is 1. The highest BCUT2D eigenvalue weighted by Crippen LogP contribution is 2.36. The van der Waals surface area contributed by atoms with Crippen LogP contribution in [0.3, 0.4) is 0 Å². The molecule has 24 heavy (non-hydrogen) atoms. The van der Waals surface area contributed by atoms with Crippen molar-refractivity contribution in [2.45, 2.75) is 17.9 Å². The molecule has 0 heterocycles. The molecule has 0 aromatic heterocycles. The van der Waals surface area contributed by atoms with Crippen molar-refractivity contribution in [2.75, 3.05) is 40.9 Å². The van der Waals surface area contributed by atoms with Gasteiger partial charge in [0.15, 0.2) is 20.0 Å². The molecule has 0 fully saturated rings. The molecular weight excluding hydrogens is 394 g/mol. The second-order valence-electron chi connectivity index (χ2n) is 5.13. The lowest BCUT2D eigenvalue weighted by molar-refractivity contribution is -0.870. The van der Waals surface area contributed by atoms with Crippen molar-refractivity contribution >= 4 is 20.0 Å². The molecule has 0 aromatic carbocycles.